The quantitative estimate of drug-likeness (QED) is 0.943. The summed E-state index contributed by atoms with van der Waals surface area (Å²) in [6.07, 6.45) is 1.01. The number of benzene rings is 2. The van der Waals surface area contributed by atoms with Gasteiger partial charge >= 0.3 is 0 Å². The average molecular weight is 324 g/mol. The molecule has 0 radical (unpaired) electrons. The first kappa shape index (κ1) is 16.5. The number of fused-ring (bicyclic) bond motifs is 1. The predicted molar refractivity (Wildman–Crippen MR) is 92.2 cm³/mol. The molecule has 2 atom stereocenters. The van der Waals surface area contributed by atoms with Crippen molar-refractivity contribution in [2.24, 2.45) is 16.7 Å². The first-order chi connectivity index (χ1) is 11.3. The van der Waals surface area contributed by atoms with E-state index < -0.39 is 16.8 Å². The van der Waals surface area contributed by atoms with Gasteiger partial charge in [-0.25, -0.2) is 0 Å². The molecule has 0 aliphatic heterocycles. The number of carboxylic acids is 1. The molecule has 1 aliphatic carbocycles. The third-order valence-electron chi connectivity index (χ3n) is 6.01. The second-order valence-electron chi connectivity index (χ2n) is 7.48. The summed E-state index contributed by atoms with van der Waals surface area (Å²) in [7, 11) is 0. The number of amides is 1. The van der Waals surface area contributed by atoms with Crippen LogP contribution in [0.25, 0.3) is 10.8 Å². The number of carboxylic acid groups (broad SMARTS) is 1. The molecule has 1 fully saturated rings. The minimum atomic E-state index is -1.08. The number of hydrogen-bond acceptors (Lipinski definition) is 3. The monoisotopic (exact) mass is 324 g/mol. The Balaban J connectivity index is 1.83. The molecule has 1 amide bonds. The van der Waals surface area contributed by atoms with Gasteiger partial charge in [0.05, 0.1) is 0 Å². The minimum absolute atomic E-state index is 0.125. The van der Waals surface area contributed by atoms with Crippen LogP contribution in [0.1, 0.15) is 33.6 Å². The number of anilines is 1. The fourth-order valence-corrected chi connectivity index (χ4v) is 3.82. The highest BCUT2D eigenvalue weighted by Crippen LogP contribution is 2.55. The third-order valence-corrected chi connectivity index (χ3v) is 6.01. The van der Waals surface area contributed by atoms with Gasteiger partial charge in [-0.15, -0.1) is 0 Å². The number of carbonyl (C=O) groups excluding carboxylic acids is 2. The van der Waals surface area contributed by atoms with Crippen molar-refractivity contribution in [1.82, 2.24) is 0 Å². The van der Waals surface area contributed by atoms with E-state index in [2.05, 4.69) is 5.32 Å². The molecular formula is C20H22NO3-. The predicted octanol–water partition coefficient (Wildman–Crippen LogP) is 2.97. The average Bonchev–Trinajstić information content (AvgIpc) is 2.78. The molecule has 2 aromatic rings. The largest absolute Gasteiger partial charge is 0.550 e. The van der Waals surface area contributed by atoms with Gasteiger partial charge in [0.25, 0.3) is 0 Å². The molecule has 4 heteroatoms. The fraction of sp³-hybridized carbons (Fsp3) is 0.400. The molecule has 1 saturated carbocycles. The van der Waals surface area contributed by atoms with Crippen molar-refractivity contribution >= 4 is 28.3 Å². The second kappa shape index (κ2) is 5.62. The molecule has 24 heavy (non-hydrogen) atoms. The Morgan fingerprint density at radius 1 is 1.08 bits per heavy atom. The van der Waals surface area contributed by atoms with Gasteiger partial charge in [0, 0.05) is 23.0 Å². The Labute approximate surface area is 141 Å². The number of nitrogens with one attached hydrogen (secondary N) is 1. The number of aliphatic carboxylic acids is 1. The van der Waals surface area contributed by atoms with Crippen LogP contribution >= 0.6 is 0 Å². The van der Waals surface area contributed by atoms with Crippen LogP contribution in [0.5, 0.6) is 0 Å². The van der Waals surface area contributed by atoms with Crippen LogP contribution in [0, 0.1) is 16.7 Å². The molecule has 0 aromatic heterocycles. The van der Waals surface area contributed by atoms with E-state index in [4.69, 9.17) is 0 Å². The molecule has 0 unspecified atom stereocenters. The Morgan fingerprint density at radius 2 is 1.75 bits per heavy atom. The molecule has 0 heterocycles. The SMILES string of the molecule is CC1(C)[C@H](C(=O)Nc2ccc3ccccc3c2)CC[C@@]1(C)C(=O)[O-]. The van der Waals surface area contributed by atoms with E-state index in [1.165, 1.54) is 0 Å². The summed E-state index contributed by atoms with van der Waals surface area (Å²) < 4.78 is 0. The van der Waals surface area contributed by atoms with E-state index in [0.29, 0.717) is 12.8 Å². The molecule has 0 saturated heterocycles. The van der Waals surface area contributed by atoms with Crippen molar-refractivity contribution < 1.29 is 14.7 Å². The minimum Gasteiger partial charge on any atom is -0.550 e. The lowest BCUT2D eigenvalue weighted by atomic mass is 9.65. The number of hydrogen-bond donors (Lipinski definition) is 1. The van der Waals surface area contributed by atoms with Crippen LogP contribution in [-0.4, -0.2) is 11.9 Å². The number of carbonyl (C=O) groups is 2. The molecule has 3 rings (SSSR count). The topological polar surface area (TPSA) is 69.2 Å². The molecule has 2 aromatic carbocycles. The van der Waals surface area contributed by atoms with Crippen LogP contribution in [-0.2, 0) is 9.59 Å². The lowest BCUT2D eigenvalue weighted by molar-refractivity contribution is -0.323. The summed E-state index contributed by atoms with van der Waals surface area (Å²) in [5.41, 5.74) is -0.915. The van der Waals surface area contributed by atoms with Gasteiger partial charge in [0.2, 0.25) is 5.91 Å². The van der Waals surface area contributed by atoms with Crippen LogP contribution in [0.2, 0.25) is 0 Å². The van der Waals surface area contributed by atoms with Crippen LogP contribution in [0.4, 0.5) is 5.69 Å². The summed E-state index contributed by atoms with van der Waals surface area (Å²) in [4.78, 5) is 24.3. The summed E-state index contributed by atoms with van der Waals surface area (Å²) in [6, 6.07) is 13.7. The van der Waals surface area contributed by atoms with Gasteiger partial charge in [-0.2, -0.15) is 0 Å². The summed E-state index contributed by atoms with van der Waals surface area (Å²) in [6.45, 7) is 5.38. The highest BCUT2D eigenvalue weighted by Gasteiger charge is 2.54. The summed E-state index contributed by atoms with van der Waals surface area (Å²) in [5, 5.41) is 16.7. The lowest BCUT2D eigenvalue weighted by Crippen LogP contribution is -2.49. The molecule has 1 aliphatic rings. The Hall–Kier alpha value is -2.36. The van der Waals surface area contributed by atoms with Crippen molar-refractivity contribution in [3.63, 3.8) is 0 Å². The molecular weight excluding hydrogens is 302 g/mol. The van der Waals surface area contributed by atoms with Gasteiger partial charge in [0.15, 0.2) is 0 Å². The maximum Gasteiger partial charge on any atom is 0.228 e. The zero-order chi connectivity index (χ0) is 17.5. The van der Waals surface area contributed by atoms with Crippen LogP contribution in [0.15, 0.2) is 42.5 Å². The first-order valence-corrected chi connectivity index (χ1v) is 8.27. The van der Waals surface area contributed by atoms with Gasteiger partial charge in [-0.1, -0.05) is 51.1 Å². The second-order valence-corrected chi connectivity index (χ2v) is 7.48. The maximum absolute atomic E-state index is 12.8. The molecule has 126 valence electrons. The maximum atomic E-state index is 12.8. The Bertz CT molecular complexity index is 811. The van der Waals surface area contributed by atoms with E-state index in [0.717, 1.165) is 16.5 Å². The van der Waals surface area contributed by atoms with Crippen molar-refractivity contribution in [3.8, 4) is 0 Å². The smallest absolute Gasteiger partial charge is 0.228 e. The third kappa shape index (κ3) is 2.46. The van der Waals surface area contributed by atoms with E-state index in [1.807, 2.05) is 56.3 Å². The van der Waals surface area contributed by atoms with Crippen LogP contribution in [0.3, 0.4) is 0 Å². The Kier molecular flexibility index (Phi) is 3.86. The fourth-order valence-electron chi connectivity index (χ4n) is 3.82. The van der Waals surface area contributed by atoms with Crippen molar-refractivity contribution in [1.29, 1.82) is 0 Å². The van der Waals surface area contributed by atoms with Gasteiger partial charge in [-0.3, -0.25) is 4.79 Å². The van der Waals surface area contributed by atoms with Gasteiger partial charge in [-0.05, 0) is 41.2 Å². The number of rotatable bonds is 3. The van der Waals surface area contributed by atoms with Crippen LogP contribution < -0.4 is 10.4 Å². The summed E-state index contributed by atoms with van der Waals surface area (Å²) >= 11 is 0. The molecule has 4 nitrogen and oxygen atoms in total. The zero-order valence-electron chi connectivity index (χ0n) is 14.3. The zero-order valence-corrected chi connectivity index (χ0v) is 14.3. The summed E-state index contributed by atoms with van der Waals surface area (Å²) in [5.74, 6) is -1.55. The molecule has 1 N–H and O–H groups in total. The van der Waals surface area contributed by atoms with E-state index in [1.54, 1.807) is 6.92 Å². The van der Waals surface area contributed by atoms with E-state index in [-0.39, 0.29) is 11.8 Å². The molecule has 0 spiro atoms. The van der Waals surface area contributed by atoms with Crippen molar-refractivity contribution in [2.75, 3.05) is 5.32 Å². The van der Waals surface area contributed by atoms with E-state index in [9.17, 15) is 14.7 Å². The standard InChI is InChI=1S/C20H23NO3/c1-19(2)16(10-11-20(19,3)18(23)24)17(22)21-15-9-8-13-6-4-5-7-14(13)12-15/h4-9,12,16H,10-11H2,1-3H3,(H,21,22)(H,23,24)/p-1/t16-,20-/m0/s1. The van der Waals surface area contributed by atoms with Gasteiger partial charge in [0.1, 0.15) is 0 Å². The highest BCUT2D eigenvalue weighted by molar-refractivity contribution is 5.96. The van der Waals surface area contributed by atoms with Crippen molar-refractivity contribution in [3.05, 3.63) is 42.5 Å². The first-order valence-electron chi connectivity index (χ1n) is 8.27. The van der Waals surface area contributed by atoms with E-state index >= 15 is 0 Å². The van der Waals surface area contributed by atoms with Gasteiger partial charge < -0.3 is 15.2 Å². The Morgan fingerprint density at radius 3 is 2.38 bits per heavy atom. The van der Waals surface area contributed by atoms with Crippen molar-refractivity contribution in [2.45, 2.75) is 33.6 Å². The molecule has 0 bridgehead atoms. The normalized spacial score (nSPS) is 25.5. The highest BCUT2D eigenvalue weighted by atomic mass is 16.4. The lowest BCUT2D eigenvalue weighted by Gasteiger charge is -2.41.